The first-order valence-corrected chi connectivity index (χ1v) is 8.86. The molecule has 28 heavy (non-hydrogen) atoms. The smallest absolute Gasteiger partial charge is 0.417 e. The molecule has 2 N–H and O–H groups in total. The van der Waals surface area contributed by atoms with Crippen molar-refractivity contribution in [2.24, 2.45) is 0 Å². The number of rotatable bonds is 5. The molecule has 0 saturated carbocycles. The van der Waals surface area contributed by atoms with Crippen molar-refractivity contribution in [2.45, 2.75) is 13.1 Å². The van der Waals surface area contributed by atoms with Crippen LogP contribution < -0.4 is 10.6 Å². The number of hydrogen-bond acceptors (Lipinski definition) is 4. The van der Waals surface area contributed by atoms with E-state index in [9.17, 15) is 18.0 Å². The molecule has 0 radical (unpaired) electrons. The average molecular weight is 432 g/mol. The fraction of sp³-hybridized carbons (Fsp3) is 0.222. The number of carbonyl (C=O) groups is 1. The predicted molar refractivity (Wildman–Crippen MR) is 101 cm³/mol. The fourth-order valence-corrected chi connectivity index (χ4v) is 2.98. The molecule has 148 valence electrons. The Kier molecular flexibility index (Phi) is 5.71. The number of hydrogen-bond donors (Lipinski definition) is 2. The largest absolute Gasteiger partial charge is 0.451 e. The van der Waals surface area contributed by atoms with Crippen molar-refractivity contribution in [3.05, 3.63) is 57.4 Å². The summed E-state index contributed by atoms with van der Waals surface area (Å²) in [6, 6.07) is 5.85. The maximum atomic E-state index is 12.6. The Morgan fingerprint density at radius 3 is 2.64 bits per heavy atom. The van der Waals surface area contributed by atoms with Crippen LogP contribution in [0.4, 0.5) is 19.0 Å². The third-order valence-electron chi connectivity index (χ3n) is 3.98. The van der Waals surface area contributed by atoms with Crippen LogP contribution in [0.5, 0.6) is 0 Å². The van der Waals surface area contributed by atoms with E-state index >= 15 is 0 Å². The number of halogens is 5. The van der Waals surface area contributed by atoms with Crippen molar-refractivity contribution >= 4 is 45.9 Å². The van der Waals surface area contributed by atoms with Gasteiger partial charge in [0, 0.05) is 35.3 Å². The van der Waals surface area contributed by atoms with Crippen LogP contribution in [-0.2, 0) is 6.18 Å². The molecule has 1 aromatic carbocycles. The number of amides is 1. The van der Waals surface area contributed by atoms with Crippen molar-refractivity contribution in [3.8, 4) is 0 Å². The van der Waals surface area contributed by atoms with Gasteiger partial charge in [-0.25, -0.2) is 4.98 Å². The molecule has 0 fully saturated rings. The number of nitrogens with zero attached hydrogens (tertiary/aromatic N) is 1. The van der Waals surface area contributed by atoms with Gasteiger partial charge in [0.2, 0.25) is 0 Å². The van der Waals surface area contributed by atoms with Crippen molar-refractivity contribution in [1.29, 1.82) is 0 Å². The maximum Gasteiger partial charge on any atom is 0.417 e. The zero-order valence-electron chi connectivity index (χ0n) is 14.5. The summed E-state index contributed by atoms with van der Waals surface area (Å²) >= 11 is 11.8. The molecular formula is C18H14Cl2F3N3O2. The van der Waals surface area contributed by atoms with Crippen molar-refractivity contribution in [1.82, 2.24) is 10.3 Å². The number of aromatic nitrogens is 1. The number of benzene rings is 1. The first-order chi connectivity index (χ1) is 13.2. The van der Waals surface area contributed by atoms with Crippen molar-refractivity contribution < 1.29 is 22.4 Å². The molecule has 2 aromatic heterocycles. The van der Waals surface area contributed by atoms with Gasteiger partial charge >= 0.3 is 6.18 Å². The van der Waals surface area contributed by atoms with Gasteiger partial charge in [-0.15, -0.1) is 0 Å². The molecule has 0 spiro atoms. The van der Waals surface area contributed by atoms with E-state index in [0.29, 0.717) is 22.4 Å². The lowest BCUT2D eigenvalue weighted by molar-refractivity contribution is -0.137. The molecule has 0 aliphatic carbocycles. The molecule has 0 unspecified atom stereocenters. The lowest BCUT2D eigenvalue weighted by atomic mass is 10.1. The fourth-order valence-electron chi connectivity index (χ4n) is 2.57. The van der Waals surface area contributed by atoms with Crippen LogP contribution >= 0.6 is 23.2 Å². The predicted octanol–water partition coefficient (Wildman–Crippen LogP) is 5.30. The van der Waals surface area contributed by atoms with E-state index in [1.165, 1.54) is 0 Å². The summed E-state index contributed by atoms with van der Waals surface area (Å²) in [4.78, 5) is 16.0. The molecule has 1 amide bonds. The maximum absolute atomic E-state index is 12.6. The number of aryl methyl sites for hydroxylation is 1. The highest BCUT2D eigenvalue weighted by Crippen LogP contribution is 2.32. The van der Waals surface area contributed by atoms with Gasteiger partial charge in [0.15, 0.2) is 5.76 Å². The molecule has 0 bridgehead atoms. The molecule has 0 aliphatic rings. The van der Waals surface area contributed by atoms with Gasteiger partial charge in [-0.1, -0.05) is 23.2 Å². The molecule has 3 rings (SSSR count). The lowest BCUT2D eigenvalue weighted by Gasteiger charge is -2.11. The summed E-state index contributed by atoms with van der Waals surface area (Å²) < 4.78 is 43.4. The average Bonchev–Trinajstić information content (AvgIpc) is 2.95. The van der Waals surface area contributed by atoms with Gasteiger partial charge in [-0.2, -0.15) is 13.2 Å². The minimum absolute atomic E-state index is 0.0958. The number of fused-ring (bicyclic) bond motifs is 1. The van der Waals surface area contributed by atoms with E-state index in [0.717, 1.165) is 11.5 Å². The minimum Gasteiger partial charge on any atom is -0.451 e. The van der Waals surface area contributed by atoms with E-state index < -0.39 is 17.6 Å². The topological polar surface area (TPSA) is 67.2 Å². The Bertz CT molecular complexity index is 1030. The third-order valence-corrected chi connectivity index (χ3v) is 4.50. The third kappa shape index (κ3) is 4.34. The highest BCUT2D eigenvalue weighted by molar-refractivity contribution is 6.33. The summed E-state index contributed by atoms with van der Waals surface area (Å²) in [6.45, 7) is 2.13. The summed E-state index contributed by atoms with van der Waals surface area (Å²) in [6.07, 6.45) is -3.83. The zero-order valence-corrected chi connectivity index (χ0v) is 16.0. The minimum atomic E-state index is -4.52. The summed E-state index contributed by atoms with van der Waals surface area (Å²) in [5.41, 5.74) is 0.276. The molecule has 0 aliphatic heterocycles. The van der Waals surface area contributed by atoms with Crippen molar-refractivity contribution in [3.63, 3.8) is 0 Å². The van der Waals surface area contributed by atoms with Gasteiger partial charge in [-0.05, 0) is 31.2 Å². The van der Waals surface area contributed by atoms with Crippen LogP contribution in [0.2, 0.25) is 10.0 Å². The second-order valence-corrected chi connectivity index (χ2v) is 6.78. The molecule has 5 nitrogen and oxygen atoms in total. The van der Waals surface area contributed by atoms with Gasteiger partial charge in [0.25, 0.3) is 5.91 Å². The number of carbonyl (C=O) groups excluding carboxylic acids is 1. The zero-order chi connectivity index (χ0) is 20.5. The van der Waals surface area contributed by atoms with Gasteiger partial charge < -0.3 is 15.1 Å². The van der Waals surface area contributed by atoms with E-state index in [1.807, 2.05) is 0 Å². The number of alkyl halides is 3. The Hall–Kier alpha value is -2.45. The first kappa shape index (κ1) is 20.3. The Labute approximate surface area is 167 Å². The number of pyridine rings is 1. The van der Waals surface area contributed by atoms with E-state index in [-0.39, 0.29) is 29.7 Å². The van der Waals surface area contributed by atoms with E-state index in [4.69, 9.17) is 27.6 Å². The monoisotopic (exact) mass is 431 g/mol. The number of furan rings is 1. The standard InChI is InChI=1S/C18H14Cl2F3N3O2/c1-9-12-7-11(19)2-3-14(12)28-15(9)17(27)25-5-4-24-16-13(20)6-10(8-26-16)18(21,22)23/h2-3,6-8H,4-5H2,1H3,(H,24,26)(H,25,27). The first-order valence-electron chi connectivity index (χ1n) is 8.10. The summed E-state index contributed by atoms with van der Waals surface area (Å²) in [5.74, 6) is -0.153. The second-order valence-electron chi connectivity index (χ2n) is 5.93. The lowest BCUT2D eigenvalue weighted by Crippen LogP contribution is -2.29. The van der Waals surface area contributed by atoms with Crippen LogP contribution in [0.3, 0.4) is 0 Å². The number of nitrogens with one attached hydrogen (secondary N) is 2. The Balaban J connectivity index is 1.58. The van der Waals surface area contributed by atoms with Crippen LogP contribution in [0.15, 0.2) is 34.9 Å². The summed E-state index contributed by atoms with van der Waals surface area (Å²) in [7, 11) is 0. The van der Waals surface area contributed by atoms with Gasteiger partial charge in [-0.3, -0.25) is 4.79 Å². The Morgan fingerprint density at radius 2 is 1.96 bits per heavy atom. The highest BCUT2D eigenvalue weighted by atomic mass is 35.5. The van der Waals surface area contributed by atoms with E-state index in [1.54, 1.807) is 25.1 Å². The highest BCUT2D eigenvalue weighted by Gasteiger charge is 2.31. The van der Waals surface area contributed by atoms with E-state index in [2.05, 4.69) is 15.6 Å². The molecule has 0 saturated heterocycles. The van der Waals surface area contributed by atoms with Crippen LogP contribution in [-0.4, -0.2) is 24.0 Å². The van der Waals surface area contributed by atoms with Crippen molar-refractivity contribution in [2.75, 3.05) is 18.4 Å². The Morgan fingerprint density at radius 1 is 1.21 bits per heavy atom. The molecule has 3 aromatic rings. The molecule has 0 atom stereocenters. The van der Waals surface area contributed by atoms with Crippen LogP contribution in [0.1, 0.15) is 21.7 Å². The normalized spacial score (nSPS) is 11.6. The molecule has 10 heteroatoms. The SMILES string of the molecule is Cc1c(C(=O)NCCNc2ncc(C(F)(F)F)cc2Cl)oc2ccc(Cl)cc12. The summed E-state index contributed by atoms with van der Waals surface area (Å²) in [5, 5.41) is 6.56. The molecule has 2 heterocycles. The second kappa shape index (κ2) is 7.89. The van der Waals surface area contributed by atoms with Gasteiger partial charge in [0.05, 0.1) is 10.6 Å². The quantitative estimate of drug-likeness (QED) is 0.537. The van der Waals surface area contributed by atoms with Gasteiger partial charge in [0.1, 0.15) is 11.4 Å². The number of anilines is 1. The molecular weight excluding hydrogens is 418 g/mol. The van der Waals surface area contributed by atoms with Crippen LogP contribution in [0, 0.1) is 6.92 Å². The van der Waals surface area contributed by atoms with Crippen LogP contribution in [0.25, 0.3) is 11.0 Å².